The number of aliphatic hydroxyl groups excluding tert-OH is 1. The van der Waals surface area contributed by atoms with Crippen LogP contribution in [-0.2, 0) is 6.54 Å². The summed E-state index contributed by atoms with van der Waals surface area (Å²) in [5.74, 6) is -2.03. The summed E-state index contributed by atoms with van der Waals surface area (Å²) < 4.78 is 27.6. The molecular weight excluding hydrogens is 306 g/mol. The zero-order valence-corrected chi connectivity index (χ0v) is 12.5. The van der Waals surface area contributed by atoms with Gasteiger partial charge in [-0.3, -0.25) is 4.68 Å². The molecule has 23 heavy (non-hydrogen) atoms. The third-order valence-corrected chi connectivity index (χ3v) is 3.18. The monoisotopic (exact) mass is 324 g/mol. The van der Waals surface area contributed by atoms with Crippen LogP contribution in [0.2, 0.25) is 0 Å². The van der Waals surface area contributed by atoms with Crippen LogP contribution in [0.4, 0.5) is 13.6 Å². The first-order valence-electron chi connectivity index (χ1n) is 7.10. The molecule has 0 saturated carbocycles. The molecule has 0 bridgehead atoms. The second-order valence-corrected chi connectivity index (χ2v) is 5.17. The van der Waals surface area contributed by atoms with Crippen molar-refractivity contribution in [3.63, 3.8) is 0 Å². The van der Waals surface area contributed by atoms with Crippen LogP contribution in [0, 0.1) is 11.6 Å². The van der Waals surface area contributed by atoms with Crippen LogP contribution >= 0.6 is 0 Å². The van der Waals surface area contributed by atoms with Gasteiger partial charge in [-0.25, -0.2) is 13.6 Å². The number of urea groups is 1. The molecule has 8 heteroatoms. The van der Waals surface area contributed by atoms with Gasteiger partial charge in [0.05, 0.1) is 12.6 Å². The fraction of sp³-hybridized carbons (Fsp3) is 0.333. The predicted molar refractivity (Wildman–Crippen MR) is 79.5 cm³/mol. The Labute approximate surface area is 132 Å². The van der Waals surface area contributed by atoms with E-state index in [1.54, 1.807) is 23.1 Å². The first-order valence-corrected chi connectivity index (χ1v) is 7.10. The molecule has 1 aromatic carbocycles. The van der Waals surface area contributed by atoms with Gasteiger partial charge >= 0.3 is 6.03 Å². The normalized spacial score (nSPS) is 13.4. The number of carbonyl (C=O) groups excluding carboxylic acids is 1. The maximum absolute atomic E-state index is 13.1. The number of hydrogen-bond donors (Lipinski definition) is 3. The largest absolute Gasteiger partial charge is 0.387 e. The summed E-state index contributed by atoms with van der Waals surface area (Å²) in [6, 6.07) is 4.25. The number of amides is 2. The Hall–Kier alpha value is -2.48. The van der Waals surface area contributed by atoms with Crippen molar-refractivity contribution >= 4 is 6.03 Å². The van der Waals surface area contributed by atoms with Crippen LogP contribution in [0.1, 0.15) is 18.6 Å². The van der Waals surface area contributed by atoms with Crippen molar-refractivity contribution in [2.75, 3.05) is 6.54 Å². The van der Waals surface area contributed by atoms with Gasteiger partial charge in [-0.15, -0.1) is 0 Å². The summed E-state index contributed by atoms with van der Waals surface area (Å²) in [5, 5.41) is 19.1. The molecule has 1 aromatic heterocycles. The van der Waals surface area contributed by atoms with E-state index in [-0.39, 0.29) is 18.2 Å². The van der Waals surface area contributed by atoms with E-state index in [2.05, 4.69) is 15.7 Å². The number of benzene rings is 1. The van der Waals surface area contributed by atoms with Crippen molar-refractivity contribution in [1.82, 2.24) is 20.4 Å². The summed E-state index contributed by atoms with van der Waals surface area (Å²) >= 11 is 0. The maximum Gasteiger partial charge on any atom is 0.315 e. The second-order valence-electron chi connectivity index (χ2n) is 5.17. The average molecular weight is 324 g/mol. The molecule has 6 nitrogen and oxygen atoms in total. The van der Waals surface area contributed by atoms with Gasteiger partial charge in [0.25, 0.3) is 0 Å². The van der Waals surface area contributed by atoms with E-state index >= 15 is 0 Å². The first-order chi connectivity index (χ1) is 11.0. The van der Waals surface area contributed by atoms with Crippen molar-refractivity contribution < 1.29 is 18.7 Å². The molecule has 0 saturated heterocycles. The van der Waals surface area contributed by atoms with Crippen LogP contribution in [0.3, 0.4) is 0 Å². The average Bonchev–Trinajstić information content (AvgIpc) is 3.00. The van der Waals surface area contributed by atoms with Gasteiger partial charge in [0.15, 0.2) is 11.6 Å². The van der Waals surface area contributed by atoms with Crippen LogP contribution in [0.5, 0.6) is 0 Å². The molecule has 0 aliphatic carbocycles. The molecule has 0 aliphatic heterocycles. The molecule has 2 atom stereocenters. The van der Waals surface area contributed by atoms with E-state index < -0.39 is 23.8 Å². The number of hydrogen-bond acceptors (Lipinski definition) is 3. The molecular formula is C15H18F2N4O2. The third-order valence-electron chi connectivity index (χ3n) is 3.18. The van der Waals surface area contributed by atoms with Crippen molar-refractivity contribution in [1.29, 1.82) is 0 Å². The lowest BCUT2D eigenvalue weighted by atomic mass is 10.1. The highest BCUT2D eigenvalue weighted by atomic mass is 19.2. The number of nitrogens with one attached hydrogen (secondary N) is 2. The topological polar surface area (TPSA) is 79.2 Å². The summed E-state index contributed by atoms with van der Waals surface area (Å²) in [5.41, 5.74) is 0.189. The number of carbonyl (C=O) groups is 1. The Morgan fingerprint density at radius 3 is 2.83 bits per heavy atom. The molecule has 0 aliphatic rings. The van der Waals surface area contributed by atoms with Crippen molar-refractivity contribution in [2.24, 2.45) is 0 Å². The lowest BCUT2D eigenvalue weighted by molar-refractivity contribution is 0.172. The van der Waals surface area contributed by atoms with Crippen molar-refractivity contribution in [3.8, 4) is 0 Å². The lowest BCUT2D eigenvalue weighted by Gasteiger charge is -2.16. The van der Waals surface area contributed by atoms with Gasteiger partial charge in [-0.05, 0) is 30.7 Å². The molecule has 0 radical (unpaired) electrons. The van der Waals surface area contributed by atoms with E-state index in [1.165, 1.54) is 6.07 Å². The molecule has 1 heterocycles. The van der Waals surface area contributed by atoms with Crippen LogP contribution in [0.25, 0.3) is 0 Å². The summed E-state index contributed by atoms with van der Waals surface area (Å²) in [4.78, 5) is 11.7. The Morgan fingerprint density at radius 1 is 1.39 bits per heavy atom. The number of aromatic nitrogens is 2. The number of aliphatic hydroxyl groups is 1. The molecule has 0 unspecified atom stereocenters. The van der Waals surface area contributed by atoms with Gasteiger partial charge in [0.2, 0.25) is 0 Å². The molecule has 2 amide bonds. The Morgan fingerprint density at radius 2 is 2.17 bits per heavy atom. The van der Waals surface area contributed by atoms with Gasteiger partial charge < -0.3 is 15.7 Å². The first kappa shape index (κ1) is 16.9. The second kappa shape index (κ2) is 7.68. The van der Waals surface area contributed by atoms with E-state index in [1.807, 2.05) is 6.92 Å². The van der Waals surface area contributed by atoms with Crippen molar-refractivity contribution in [2.45, 2.75) is 25.6 Å². The van der Waals surface area contributed by atoms with E-state index in [0.29, 0.717) is 6.54 Å². The quantitative estimate of drug-likeness (QED) is 0.755. The summed E-state index contributed by atoms with van der Waals surface area (Å²) in [6.45, 7) is 2.20. The van der Waals surface area contributed by atoms with Gasteiger partial charge in [0.1, 0.15) is 0 Å². The number of rotatable bonds is 6. The summed E-state index contributed by atoms with van der Waals surface area (Å²) in [6.07, 6.45) is 2.30. The highest BCUT2D eigenvalue weighted by Crippen LogP contribution is 2.15. The van der Waals surface area contributed by atoms with Gasteiger partial charge in [0, 0.05) is 25.0 Å². The number of halogens is 2. The zero-order valence-electron chi connectivity index (χ0n) is 12.5. The zero-order chi connectivity index (χ0) is 16.8. The predicted octanol–water partition coefficient (Wildman–Crippen LogP) is 1.58. The Bertz CT molecular complexity index is 649. The van der Waals surface area contributed by atoms with Gasteiger partial charge in [-0.2, -0.15) is 5.10 Å². The third kappa shape index (κ3) is 5.03. The molecule has 124 valence electrons. The SMILES string of the molecule is C[C@H](Cn1cccn1)NC(=O)NC[C@@H](O)c1ccc(F)c(F)c1. The fourth-order valence-corrected chi connectivity index (χ4v) is 2.04. The smallest absolute Gasteiger partial charge is 0.315 e. The lowest BCUT2D eigenvalue weighted by Crippen LogP contribution is -2.43. The minimum Gasteiger partial charge on any atom is -0.387 e. The molecule has 0 spiro atoms. The van der Waals surface area contributed by atoms with Gasteiger partial charge in [-0.1, -0.05) is 6.07 Å². The van der Waals surface area contributed by atoms with E-state index in [9.17, 15) is 18.7 Å². The number of nitrogens with zero attached hydrogens (tertiary/aromatic N) is 2. The minimum atomic E-state index is -1.13. The van der Waals surface area contributed by atoms with Crippen molar-refractivity contribution in [3.05, 3.63) is 53.9 Å². The van der Waals surface area contributed by atoms with E-state index in [0.717, 1.165) is 12.1 Å². The van der Waals surface area contributed by atoms with Crippen LogP contribution in [-0.4, -0.2) is 33.5 Å². The maximum atomic E-state index is 13.1. The highest BCUT2D eigenvalue weighted by molar-refractivity contribution is 5.74. The molecule has 2 rings (SSSR count). The molecule has 3 N–H and O–H groups in total. The Kier molecular flexibility index (Phi) is 5.64. The van der Waals surface area contributed by atoms with Crippen LogP contribution < -0.4 is 10.6 Å². The standard InChI is InChI=1S/C15H18F2N4O2/c1-10(9-21-6-2-5-19-21)20-15(23)18-8-14(22)11-3-4-12(16)13(17)7-11/h2-7,10,14,22H,8-9H2,1H3,(H2,18,20,23)/t10-,14-/m1/s1. The molecule has 2 aromatic rings. The highest BCUT2D eigenvalue weighted by Gasteiger charge is 2.13. The summed E-state index contributed by atoms with van der Waals surface area (Å²) in [7, 11) is 0. The minimum absolute atomic E-state index is 0.120. The molecule has 0 fully saturated rings. The van der Waals surface area contributed by atoms with E-state index in [4.69, 9.17) is 0 Å². The fourth-order valence-electron chi connectivity index (χ4n) is 2.04. The van der Waals surface area contributed by atoms with Crippen LogP contribution in [0.15, 0.2) is 36.7 Å². The Balaban J connectivity index is 1.77.